The van der Waals surface area contributed by atoms with Crippen molar-refractivity contribution in [1.82, 2.24) is 14.3 Å². The number of rotatable bonds is 2. The third-order valence-corrected chi connectivity index (χ3v) is 5.52. The summed E-state index contributed by atoms with van der Waals surface area (Å²) in [6.45, 7) is 3.62. The quantitative estimate of drug-likeness (QED) is 0.907. The van der Waals surface area contributed by atoms with Crippen molar-refractivity contribution >= 4 is 22.7 Å². The Morgan fingerprint density at radius 2 is 1.95 bits per heavy atom. The van der Waals surface area contributed by atoms with Gasteiger partial charge in [0.05, 0.1) is 0 Å². The molecule has 1 aromatic heterocycles. The maximum Gasteiger partial charge on any atom is 0.323 e. The van der Waals surface area contributed by atoms with Gasteiger partial charge in [-0.25, -0.2) is 9.78 Å². The van der Waals surface area contributed by atoms with Gasteiger partial charge in [0, 0.05) is 24.6 Å². The average Bonchev–Trinajstić information content (AvgIpc) is 2.93. The van der Waals surface area contributed by atoms with E-state index < -0.39 is 0 Å². The van der Waals surface area contributed by atoms with Crippen LogP contribution in [0.15, 0.2) is 0 Å². The first kappa shape index (κ1) is 14.8. The van der Waals surface area contributed by atoms with Crippen LogP contribution in [0.1, 0.15) is 50.8 Å². The van der Waals surface area contributed by atoms with Crippen LogP contribution in [0, 0.1) is 18.8 Å². The summed E-state index contributed by atoms with van der Waals surface area (Å²) >= 11 is 1.25. The van der Waals surface area contributed by atoms with Crippen molar-refractivity contribution in [3.05, 3.63) is 5.82 Å². The van der Waals surface area contributed by atoms with Crippen molar-refractivity contribution in [1.29, 1.82) is 0 Å². The minimum Gasteiger partial charge on any atom is -0.324 e. The number of amides is 2. The first-order valence-corrected chi connectivity index (χ1v) is 8.86. The van der Waals surface area contributed by atoms with Gasteiger partial charge in [-0.05, 0) is 31.6 Å². The lowest BCUT2D eigenvalue weighted by Gasteiger charge is -2.38. The van der Waals surface area contributed by atoms with Gasteiger partial charge in [-0.1, -0.05) is 32.1 Å². The Balaban J connectivity index is 1.56. The van der Waals surface area contributed by atoms with Crippen LogP contribution in [-0.4, -0.2) is 33.4 Å². The zero-order valence-corrected chi connectivity index (χ0v) is 13.5. The van der Waals surface area contributed by atoms with Gasteiger partial charge >= 0.3 is 6.03 Å². The molecule has 1 unspecified atom stereocenters. The van der Waals surface area contributed by atoms with Crippen molar-refractivity contribution in [2.75, 3.05) is 18.4 Å². The molecule has 5 nitrogen and oxygen atoms in total. The molecule has 0 aromatic carbocycles. The largest absolute Gasteiger partial charge is 0.324 e. The van der Waals surface area contributed by atoms with Crippen LogP contribution in [0.25, 0.3) is 0 Å². The van der Waals surface area contributed by atoms with Crippen LogP contribution >= 0.6 is 11.5 Å². The number of likely N-dealkylation sites (tertiary alicyclic amines) is 1. The Bertz CT molecular complexity index is 484. The first-order chi connectivity index (χ1) is 10.2. The molecular formula is C15H24N4OS. The molecule has 1 atom stereocenters. The molecule has 2 amide bonds. The average molecular weight is 308 g/mol. The van der Waals surface area contributed by atoms with Crippen molar-refractivity contribution < 1.29 is 4.79 Å². The molecule has 6 heteroatoms. The minimum atomic E-state index is -0.00772. The Morgan fingerprint density at radius 1 is 1.19 bits per heavy atom. The van der Waals surface area contributed by atoms with Crippen LogP contribution in [0.2, 0.25) is 0 Å². The number of aryl methyl sites for hydroxylation is 1. The van der Waals surface area contributed by atoms with Gasteiger partial charge in [-0.3, -0.25) is 5.32 Å². The zero-order valence-electron chi connectivity index (χ0n) is 12.7. The highest BCUT2D eigenvalue weighted by atomic mass is 32.1. The predicted octanol–water partition coefficient (Wildman–Crippen LogP) is 3.67. The molecule has 2 aliphatic rings. The molecule has 116 valence electrons. The summed E-state index contributed by atoms with van der Waals surface area (Å²) < 4.78 is 4.10. The number of anilines is 1. The van der Waals surface area contributed by atoms with Crippen molar-refractivity contribution in [2.45, 2.75) is 51.9 Å². The molecular weight excluding hydrogens is 284 g/mol. The second kappa shape index (κ2) is 6.73. The molecule has 21 heavy (non-hydrogen) atoms. The summed E-state index contributed by atoms with van der Waals surface area (Å²) in [5.74, 6) is 2.24. The van der Waals surface area contributed by atoms with Crippen molar-refractivity contribution in [3.8, 4) is 0 Å². The third kappa shape index (κ3) is 3.73. The molecule has 1 saturated heterocycles. The fourth-order valence-corrected chi connectivity index (χ4v) is 4.27. The number of carbonyl (C=O) groups excluding carboxylic acids is 1. The maximum absolute atomic E-state index is 12.4. The number of carbonyl (C=O) groups is 1. The summed E-state index contributed by atoms with van der Waals surface area (Å²) in [5, 5.41) is 3.50. The van der Waals surface area contributed by atoms with Crippen LogP contribution in [-0.2, 0) is 0 Å². The Labute approximate surface area is 130 Å². The summed E-state index contributed by atoms with van der Waals surface area (Å²) in [6, 6.07) is -0.00772. The second-order valence-corrected chi connectivity index (χ2v) is 7.08. The number of nitrogens with zero attached hydrogens (tertiary/aromatic N) is 3. The van der Waals surface area contributed by atoms with E-state index in [-0.39, 0.29) is 6.03 Å². The van der Waals surface area contributed by atoms with Gasteiger partial charge in [0.2, 0.25) is 5.13 Å². The molecule has 1 N–H and O–H groups in total. The van der Waals surface area contributed by atoms with E-state index in [0.717, 1.165) is 25.4 Å². The summed E-state index contributed by atoms with van der Waals surface area (Å²) in [7, 11) is 0. The highest BCUT2D eigenvalue weighted by Gasteiger charge is 2.30. The van der Waals surface area contributed by atoms with E-state index in [1.165, 1.54) is 50.1 Å². The lowest BCUT2D eigenvalue weighted by Crippen LogP contribution is -2.44. The highest BCUT2D eigenvalue weighted by molar-refractivity contribution is 7.09. The van der Waals surface area contributed by atoms with Gasteiger partial charge < -0.3 is 4.90 Å². The maximum atomic E-state index is 12.4. The molecule has 0 spiro atoms. The van der Waals surface area contributed by atoms with E-state index in [1.807, 2.05) is 11.8 Å². The summed E-state index contributed by atoms with van der Waals surface area (Å²) in [5.41, 5.74) is 0. The van der Waals surface area contributed by atoms with Gasteiger partial charge in [0.25, 0.3) is 0 Å². The Kier molecular flexibility index (Phi) is 4.73. The second-order valence-electron chi connectivity index (χ2n) is 6.32. The molecule has 3 rings (SSSR count). The van der Waals surface area contributed by atoms with E-state index in [4.69, 9.17) is 0 Å². The van der Waals surface area contributed by atoms with Crippen molar-refractivity contribution in [2.24, 2.45) is 11.8 Å². The van der Waals surface area contributed by atoms with Gasteiger partial charge in [0.1, 0.15) is 5.82 Å². The minimum absolute atomic E-state index is 0.00772. The number of urea groups is 1. The van der Waals surface area contributed by atoms with Crippen LogP contribution < -0.4 is 5.32 Å². The molecule has 2 heterocycles. The number of piperidine rings is 1. The number of nitrogens with one attached hydrogen (secondary N) is 1. The first-order valence-electron chi connectivity index (χ1n) is 8.08. The van der Waals surface area contributed by atoms with E-state index in [1.54, 1.807) is 0 Å². The molecule has 1 aliphatic carbocycles. The van der Waals surface area contributed by atoms with E-state index >= 15 is 0 Å². The highest BCUT2D eigenvalue weighted by Crippen LogP contribution is 2.34. The van der Waals surface area contributed by atoms with Crippen LogP contribution in [0.3, 0.4) is 0 Å². The van der Waals surface area contributed by atoms with Crippen molar-refractivity contribution in [3.63, 3.8) is 0 Å². The fraction of sp³-hybridized carbons (Fsp3) is 0.800. The molecule has 1 saturated carbocycles. The van der Waals surface area contributed by atoms with E-state index in [2.05, 4.69) is 14.7 Å². The molecule has 1 aliphatic heterocycles. The smallest absolute Gasteiger partial charge is 0.323 e. The number of hydrogen-bond donors (Lipinski definition) is 1. The fourth-order valence-electron chi connectivity index (χ4n) is 3.70. The van der Waals surface area contributed by atoms with Crippen LogP contribution in [0.4, 0.5) is 9.93 Å². The monoisotopic (exact) mass is 308 g/mol. The number of aromatic nitrogens is 2. The van der Waals surface area contributed by atoms with Gasteiger partial charge in [-0.15, -0.1) is 0 Å². The lowest BCUT2D eigenvalue weighted by atomic mass is 9.76. The Hall–Kier alpha value is -1.17. The molecule has 2 fully saturated rings. The standard InChI is InChI=1S/C15H24N4OS/c1-11-16-14(21-18-11)17-15(20)19-9-5-8-13(10-19)12-6-3-2-4-7-12/h12-13H,2-10H2,1H3,(H,16,17,18,20). The molecule has 1 aromatic rings. The number of hydrogen-bond acceptors (Lipinski definition) is 4. The summed E-state index contributed by atoms with van der Waals surface area (Å²) in [4.78, 5) is 18.5. The van der Waals surface area contributed by atoms with Gasteiger partial charge in [-0.2, -0.15) is 4.37 Å². The zero-order chi connectivity index (χ0) is 14.7. The third-order valence-electron chi connectivity index (χ3n) is 4.80. The van der Waals surface area contributed by atoms with Crippen LogP contribution in [0.5, 0.6) is 0 Å². The predicted molar refractivity (Wildman–Crippen MR) is 84.5 cm³/mol. The Morgan fingerprint density at radius 3 is 2.67 bits per heavy atom. The topological polar surface area (TPSA) is 58.1 Å². The molecule has 0 radical (unpaired) electrons. The lowest BCUT2D eigenvalue weighted by molar-refractivity contribution is 0.132. The normalized spacial score (nSPS) is 24.0. The van der Waals surface area contributed by atoms with E-state index in [9.17, 15) is 4.79 Å². The SMILES string of the molecule is Cc1nsc(NC(=O)N2CCCC(C3CCCCC3)C2)n1. The van der Waals surface area contributed by atoms with E-state index in [0.29, 0.717) is 16.9 Å². The molecule has 0 bridgehead atoms. The summed E-state index contributed by atoms with van der Waals surface area (Å²) in [6.07, 6.45) is 9.26. The van der Waals surface area contributed by atoms with Gasteiger partial charge in [0.15, 0.2) is 0 Å².